The van der Waals surface area contributed by atoms with Crippen molar-refractivity contribution in [3.63, 3.8) is 0 Å². The van der Waals surface area contributed by atoms with E-state index in [1.165, 1.54) is 6.08 Å². The number of halogens is 2. The van der Waals surface area contributed by atoms with Crippen LogP contribution in [0.25, 0.3) is 0 Å². The van der Waals surface area contributed by atoms with Crippen molar-refractivity contribution in [2.24, 2.45) is 5.92 Å². The van der Waals surface area contributed by atoms with Crippen LogP contribution in [0.5, 0.6) is 0 Å². The highest BCUT2D eigenvalue weighted by Gasteiger charge is 2.30. The number of aldehydes is 1. The van der Waals surface area contributed by atoms with Gasteiger partial charge in [0, 0.05) is 12.3 Å². The van der Waals surface area contributed by atoms with E-state index in [9.17, 15) is 14.3 Å². The summed E-state index contributed by atoms with van der Waals surface area (Å²) in [6.45, 7) is 0. The lowest BCUT2D eigenvalue weighted by Gasteiger charge is -2.24. The van der Waals surface area contributed by atoms with Crippen molar-refractivity contribution < 1.29 is 14.3 Å². The summed E-state index contributed by atoms with van der Waals surface area (Å²) in [7, 11) is 0. The fraction of sp³-hybridized carbons (Fsp3) is 0.571. The van der Waals surface area contributed by atoms with E-state index in [-0.39, 0.29) is 12.2 Å². The summed E-state index contributed by atoms with van der Waals surface area (Å²) in [5.41, 5.74) is 0. The largest absolute Gasteiger partial charge is 0.391 e. The molecule has 1 rings (SSSR count). The van der Waals surface area contributed by atoms with Gasteiger partial charge in [-0.15, -0.1) is 0 Å². The molecule has 2 nitrogen and oxygen atoms in total. The summed E-state index contributed by atoms with van der Waals surface area (Å²) in [4.78, 5) is 9.85. The van der Waals surface area contributed by atoms with E-state index < -0.39 is 16.8 Å². The minimum atomic E-state index is -0.799. The molecule has 4 heteroatoms. The Hall–Kier alpha value is -0.220. The lowest BCUT2D eigenvalue weighted by Crippen LogP contribution is -2.32. The molecular formula is C7H8BrFO2. The molecule has 0 saturated heterocycles. The molecule has 1 aliphatic carbocycles. The van der Waals surface area contributed by atoms with Crippen LogP contribution in [0.3, 0.4) is 0 Å². The summed E-state index contributed by atoms with van der Waals surface area (Å²) in [6.07, 6.45) is 1.09. The van der Waals surface area contributed by atoms with E-state index in [0.717, 1.165) is 0 Å². The van der Waals surface area contributed by atoms with Crippen LogP contribution in [0.1, 0.15) is 6.42 Å². The lowest BCUT2D eigenvalue weighted by atomic mass is 9.92. The average Bonchev–Trinajstić information content (AvgIpc) is 1.96. The van der Waals surface area contributed by atoms with Gasteiger partial charge in [-0.3, -0.25) is 0 Å². The SMILES string of the molecule is O=CC1CC(F)=C[C@H](Br)C1O. The van der Waals surface area contributed by atoms with Gasteiger partial charge >= 0.3 is 0 Å². The quantitative estimate of drug-likeness (QED) is 0.535. The third-order valence-corrected chi connectivity index (χ3v) is 2.52. The fourth-order valence-corrected chi connectivity index (χ4v) is 1.73. The second-order valence-electron chi connectivity index (χ2n) is 2.55. The topological polar surface area (TPSA) is 37.3 Å². The maximum Gasteiger partial charge on any atom is 0.126 e. The zero-order valence-electron chi connectivity index (χ0n) is 5.71. The van der Waals surface area contributed by atoms with Crippen molar-refractivity contribution in [1.29, 1.82) is 0 Å². The Morgan fingerprint density at radius 3 is 3.00 bits per heavy atom. The Bertz CT molecular complexity index is 193. The van der Waals surface area contributed by atoms with Gasteiger partial charge in [0.25, 0.3) is 0 Å². The number of rotatable bonds is 1. The minimum absolute atomic E-state index is 0.0206. The van der Waals surface area contributed by atoms with Gasteiger partial charge in [-0.2, -0.15) is 0 Å². The average molecular weight is 223 g/mol. The van der Waals surface area contributed by atoms with Gasteiger partial charge < -0.3 is 9.90 Å². The minimum Gasteiger partial charge on any atom is -0.391 e. The first-order valence-electron chi connectivity index (χ1n) is 3.28. The molecule has 0 spiro atoms. The van der Waals surface area contributed by atoms with Gasteiger partial charge in [-0.1, -0.05) is 15.9 Å². The van der Waals surface area contributed by atoms with Gasteiger partial charge in [0.2, 0.25) is 0 Å². The van der Waals surface area contributed by atoms with E-state index in [0.29, 0.717) is 6.29 Å². The molecule has 0 bridgehead atoms. The van der Waals surface area contributed by atoms with Crippen LogP contribution >= 0.6 is 15.9 Å². The van der Waals surface area contributed by atoms with Crippen LogP contribution in [0.2, 0.25) is 0 Å². The molecule has 0 saturated carbocycles. The van der Waals surface area contributed by atoms with Crippen molar-refractivity contribution >= 4 is 22.2 Å². The summed E-state index contributed by atoms with van der Waals surface area (Å²) in [6, 6.07) is 0. The summed E-state index contributed by atoms with van der Waals surface area (Å²) in [5, 5.41) is 9.27. The molecule has 0 aromatic carbocycles. The van der Waals surface area contributed by atoms with Crippen molar-refractivity contribution in [2.75, 3.05) is 0 Å². The Morgan fingerprint density at radius 1 is 1.82 bits per heavy atom. The monoisotopic (exact) mass is 222 g/mol. The fourth-order valence-electron chi connectivity index (χ4n) is 1.05. The number of carbonyl (C=O) groups is 1. The van der Waals surface area contributed by atoms with Gasteiger partial charge in [-0.05, 0) is 6.08 Å². The van der Waals surface area contributed by atoms with Crippen LogP contribution in [-0.2, 0) is 4.79 Å². The van der Waals surface area contributed by atoms with Crippen molar-refractivity contribution in [3.8, 4) is 0 Å². The molecule has 0 aromatic rings. The smallest absolute Gasteiger partial charge is 0.126 e. The van der Waals surface area contributed by atoms with E-state index in [1.54, 1.807) is 0 Å². The lowest BCUT2D eigenvalue weighted by molar-refractivity contribution is -0.114. The van der Waals surface area contributed by atoms with Crippen LogP contribution in [0.15, 0.2) is 11.9 Å². The van der Waals surface area contributed by atoms with E-state index in [4.69, 9.17) is 0 Å². The number of aliphatic hydroxyl groups is 1. The molecule has 0 aromatic heterocycles. The van der Waals surface area contributed by atoms with E-state index >= 15 is 0 Å². The maximum atomic E-state index is 12.6. The summed E-state index contributed by atoms with van der Waals surface area (Å²) >= 11 is 3.05. The third-order valence-electron chi connectivity index (χ3n) is 1.71. The first-order valence-corrected chi connectivity index (χ1v) is 4.20. The van der Waals surface area contributed by atoms with Gasteiger partial charge in [-0.25, -0.2) is 4.39 Å². The van der Waals surface area contributed by atoms with E-state index in [2.05, 4.69) is 15.9 Å². The number of allylic oxidation sites excluding steroid dienone is 1. The Balaban J connectivity index is 2.75. The van der Waals surface area contributed by atoms with Crippen LogP contribution < -0.4 is 0 Å². The molecule has 0 heterocycles. The number of aliphatic hydroxyl groups excluding tert-OH is 1. The molecule has 1 N–H and O–H groups in total. The maximum absolute atomic E-state index is 12.6. The van der Waals surface area contributed by atoms with Crippen LogP contribution in [-0.4, -0.2) is 22.3 Å². The molecule has 2 unspecified atom stereocenters. The molecule has 0 aliphatic heterocycles. The van der Waals surface area contributed by atoms with Crippen LogP contribution in [0, 0.1) is 5.92 Å². The number of hydrogen-bond donors (Lipinski definition) is 1. The predicted octanol–water partition coefficient (Wildman–Crippen LogP) is 1.18. The van der Waals surface area contributed by atoms with Crippen LogP contribution in [0.4, 0.5) is 4.39 Å². The zero-order chi connectivity index (χ0) is 8.43. The van der Waals surface area contributed by atoms with Gasteiger partial charge in [0.1, 0.15) is 6.29 Å². The van der Waals surface area contributed by atoms with E-state index in [1.807, 2.05) is 0 Å². The van der Waals surface area contributed by atoms with Crippen molar-refractivity contribution in [3.05, 3.63) is 11.9 Å². The normalized spacial score (nSPS) is 38.1. The van der Waals surface area contributed by atoms with Gasteiger partial charge in [0.05, 0.1) is 16.8 Å². The van der Waals surface area contributed by atoms with Crippen molar-refractivity contribution in [1.82, 2.24) is 0 Å². The number of hydrogen-bond acceptors (Lipinski definition) is 2. The Labute approximate surface area is 72.2 Å². The molecule has 62 valence electrons. The Morgan fingerprint density at radius 2 is 2.45 bits per heavy atom. The predicted molar refractivity (Wildman–Crippen MR) is 42.1 cm³/mol. The second-order valence-corrected chi connectivity index (χ2v) is 3.61. The highest BCUT2D eigenvalue weighted by atomic mass is 79.9. The highest BCUT2D eigenvalue weighted by Crippen LogP contribution is 2.28. The molecule has 11 heavy (non-hydrogen) atoms. The number of alkyl halides is 1. The number of carbonyl (C=O) groups excluding carboxylic acids is 1. The molecule has 0 fully saturated rings. The highest BCUT2D eigenvalue weighted by molar-refractivity contribution is 9.09. The summed E-state index contributed by atoms with van der Waals surface area (Å²) < 4.78 is 12.6. The first kappa shape index (κ1) is 8.87. The molecular weight excluding hydrogens is 215 g/mol. The Kier molecular flexibility index (Phi) is 2.78. The standard InChI is InChI=1S/C7H8BrFO2/c8-6-2-5(9)1-4(3-10)7(6)11/h2-4,6-7,11H,1H2/t4?,6-,7?/m0/s1. The molecule has 0 amide bonds. The third kappa shape index (κ3) is 1.87. The molecule has 1 aliphatic rings. The summed E-state index contributed by atoms with van der Waals surface area (Å²) in [5.74, 6) is -0.946. The zero-order valence-corrected chi connectivity index (χ0v) is 7.29. The first-order chi connectivity index (χ1) is 5.15. The molecule has 3 atom stereocenters. The second kappa shape index (κ2) is 3.45. The van der Waals surface area contributed by atoms with Gasteiger partial charge in [0.15, 0.2) is 0 Å². The molecule has 0 radical (unpaired) electrons. The van der Waals surface area contributed by atoms with Crippen molar-refractivity contribution in [2.45, 2.75) is 17.4 Å².